The molecule has 0 fully saturated rings. The molecule has 0 N–H and O–H groups in total. The number of para-hydroxylation sites is 3. The zero-order valence-corrected chi connectivity index (χ0v) is 19.1. The van der Waals surface area contributed by atoms with E-state index in [0.717, 1.165) is 22.5 Å². The van der Waals surface area contributed by atoms with Gasteiger partial charge in [-0.3, -0.25) is 9.59 Å². The molecule has 4 rings (SSSR count). The van der Waals surface area contributed by atoms with Crippen LogP contribution in [0.1, 0.15) is 37.4 Å². The van der Waals surface area contributed by atoms with Gasteiger partial charge in [0.1, 0.15) is 5.75 Å². The number of benzene rings is 3. The summed E-state index contributed by atoms with van der Waals surface area (Å²) in [6.45, 7) is 3.62. The van der Waals surface area contributed by atoms with Crippen LogP contribution in [-0.4, -0.2) is 25.0 Å². The van der Waals surface area contributed by atoms with Crippen LogP contribution in [0.5, 0.6) is 5.75 Å². The van der Waals surface area contributed by atoms with Gasteiger partial charge in [-0.1, -0.05) is 54.6 Å². The number of fused-ring (bicyclic) bond motifs is 1. The summed E-state index contributed by atoms with van der Waals surface area (Å²) in [5.41, 5.74) is 3.50. The molecule has 0 saturated carbocycles. The van der Waals surface area contributed by atoms with Crippen molar-refractivity contribution in [3.8, 4) is 5.75 Å². The van der Waals surface area contributed by atoms with Crippen molar-refractivity contribution in [1.82, 2.24) is 0 Å². The van der Waals surface area contributed by atoms with Gasteiger partial charge in [0.25, 0.3) is 5.91 Å². The van der Waals surface area contributed by atoms with Crippen LogP contribution < -0.4 is 14.5 Å². The quantitative estimate of drug-likeness (QED) is 0.483. The van der Waals surface area contributed by atoms with Gasteiger partial charge in [-0.25, -0.2) is 0 Å². The summed E-state index contributed by atoms with van der Waals surface area (Å²) in [4.78, 5) is 29.7. The Balaban J connectivity index is 1.69. The van der Waals surface area contributed by atoms with E-state index in [0.29, 0.717) is 12.2 Å². The molecule has 33 heavy (non-hydrogen) atoms. The van der Waals surface area contributed by atoms with Crippen molar-refractivity contribution >= 4 is 29.3 Å². The van der Waals surface area contributed by atoms with Crippen LogP contribution >= 0.6 is 0 Å². The number of ether oxygens (including phenoxy) is 1. The van der Waals surface area contributed by atoms with Crippen molar-refractivity contribution in [2.24, 2.45) is 0 Å². The van der Waals surface area contributed by atoms with E-state index >= 15 is 0 Å². The maximum atomic E-state index is 13.3. The van der Waals surface area contributed by atoms with Gasteiger partial charge in [-0.2, -0.15) is 0 Å². The highest BCUT2D eigenvalue weighted by Crippen LogP contribution is 2.42. The van der Waals surface area contributed by atoms with Gasteiger partial charge >= 0.3 is 0 Å². The van der Waals surface area contributed by atoms with Crippen LogP contribution in [0.15, 0.2) is 84.9 Å². The van der Waals surface area contributed by atoms with E-state index < -0.39 is 0 Å². The lowest BCUT2D eigenvalue weighted by Crippen LogP contribution is -2.47. The summed E-state index contributed by atoms with van der Waals surface area (Å²) in [5.74, 6) is 0.589. The topological polar surface area (TPSA) is 49.9 Å². The number of hydrogen-bond donors (Lipinski definition) is 0. The average molecular weight is 441 g/mol. The standard InChI is InChI=1S/C28H28N2O3/c1-20-19-26(30(21(2)31)23-12-5-4-6-13-23)24-14-8-9-15-25(24)29(20)28(32)18-17-22-11-7-10-16-27(22)33-3/h4-18,20,26H,19H2,1-3H3/t20-,26+/m1/s1. The second-order valence-corrected chi connectivity index (χ2v) is 8.17. The Morgan fingerprint density at radius 1 is 0.970 bits per heavy atom. The molecule has 1 aliphatic rings. The van der Waals surface area contributed by atoms with E-state index in [2.05, 4.69) is 0 Å². The molecule has 0 unspecified atom stereocenters. The lowest BCUT2D eigenvalue weighted by atomic mass is 9.89. The highest BCUT2D eigenvalue weighted by Gasteiger charge is 2.37. The largest absolute Gasteiger partial charge is 0.496 e. The Morgan fingerprint density at radius 2 is 1.64 bits per heavy atom. The van der Waals surface area contributed by atoms with E-state index in [4.69, 9.17) is 4.74 Å². The van der Waals surface area contributed by atoms with Crippen molar-refractivity contribution in [3.63, 3.8) is 0 Å². The first kappa shape index (κ1) is 22.3. The van der Waals surface area contributed by atoms with Crippen LogP contribution in [0, 0.1) is 0 Å². The van der Waals surface area contributed by atoms with Crippen molar-refractivity contribution in [1.29, 1.82) is 0 Å². The van der Waals surface area contributed by atoms with E-state index in [9.17, 15) is 9.59 Å². The van der Waals surface area contributed by atoms with E-state index in [-0.39, 0.29) is 23.9 Å². The van der Waals surface area contributed by atoms with Crippen LogP contribution in [0.4, 0.5) is 11.4 Å². The maximum Gasteiger partial charge on any atom is 0.251 e. The molecule has 5 heteroatoms. The zero-order valence-electron chi connectivity index (χ0n) is 19.1. The number of carbonyl (C=O) groups excluding carboxylic acids is 2. The number of amides is 2. The van der Waals surface area contributed by atoms with Crippen LogP contribution in [-0.2, 0) is 9.59 Å². The average Bonchev–Trinajstić information content (AvgIpc) is 2.83. The first-order valence-corrected chi connectivity index (χ1v) is 11.1. The predicted octanol–water partition coefficient (Wildman–Crippen LogP) is 5.63. The zero-order chi connectivity index (χ0) is 23.4. The van der Waals surface area contributed by atoms with Crippen molar-refractivity contribution < 1.29 is 14.3 Å². The normalized spacial score (nSPS) is 17.5. The SMILES string of the molecule is COc1ccccc1C=CC(=O)N1c2ccccc2[C@@H](N(C(C)=O)c2ccccc2)C[C@H]1C. The van der Waals surface area contributed by atoms with E-state index in [1.165, 1.54) is 0 Å². The minimum absolute atomic E-state index is 0.0240. The Morgan fingerprint density at radius 3 is 2.36 bits per heavy atom. The van der Waals surface area contributed by atoms with Gasteiger partial charge in [-0.05, 0) is 49.2 Å². The van der Waals surface area contributed by atoms with Gasteiger partial charge in [-0.15, -0.1) is 0 Å². The molecule has 0 bridgehead atoms. The lowest BCUT2D eigenvalue weighted by molar-refractivity contribution is -0.117. The molecular weight excluding hydrogens is 412 g/mol. The summed E-state index contributed by atoms with van der Waals surface area (Å²) in [6, 6.07) is 24.9. The molecule has 0 spiro atoms. The summed E-state index contributed by atoms with van der Waals surface area (Å²) in [5, 5.41) is 0. The molecular formula is C28H28N2O3. The Labute approximate surface area is 194 Å². The predicted molar refractivity (Wildman–Crippen MR) is 132 cm³/mol. The fraction of sp³-hybridized carbons (Fsp3) is 0.214. The van der Waals surface area contributed by atoms with Crippen LogP contribution in [0.25, 0.3) is 6.08 Å². The van der Waals surface area contributed by atoms with Gasteiger partial charge < -0.3 is 14.5 Å². The summed E-state index contributed by atoms with van der Waals surface area (Å²) < 4.78 is 5.39. The third kappa shape index (κ3) is 4.53. The van der Waals surface area contributed by atoms with Gasteiger partial charge in [0.2, 0.25) is 5.91 Å². The van der Waals surface area contributed by atoms with Gasteiger partial charge in [0.15, 0.2) is 0 Å². The Bertz CT molecular complexity index is 1170. The second kappa shape index (κ2) is 9.74. The first-order chi connectivity index (χ1) is 16.0. The molecule has 0 aliphatic carbocycles. The van der Waals surface area contributed by atoms with E-state index in [1.54, 1.807) is 26.2 Å². The Hall–Kier alpha value is -3.86. The molecule has 0 aromatic heterocycles. The summed E-state index contributed by atoms with van der Waals surface area (Å²) >= 11 is 0. The van der Waals surface area contributed by atoms with E-state index in [1.807, 2.05) is 95.6 Å². The molecule has 5 nitrogen and oxygen atoms in total. The molecule has 1 heterocycles. The minimum Gasteiger partial charge on any atom is -0.496 e. The van der Waals surface area contributed by atoms with Crippen LogP contribution in [0.3, 0.4) is 0 Å². The number of methoxy groups -OCH3 is 1. The fourth-order valence-corrected chi connectivity index (χ4v) is 4.58. The van der Waals surface area contributed by atoms with Gasteiger partial charge in [0.05, 0.1) is 13.2 Å². The summed E-state index contributed by atoms with van der Waals surface area (Å²) in [6.07, 6.45) is 4.01. The molecule has 1 aliphatic heterocycles. The minimum atomic E-state index is -0.154. The third-order valence-corrected chi connectivity index (χ3v) is 6.03. The number of hydrogen-bond acceptors (Lipinski definition) is 3. The highest BCUT2D eigenvalue weighted by atomic mass is 16.5. The van der Waals surface area contributed by atoms with Crippen molar-refractivity contribution in [2.75, 3.05) is 16.9 Å². The molecule has 168 valence electrons. The monoisotopic (exact) mass is 440 g/mol. The molecule has 2 atom stereocenters. The fourth-order valence-electron chi connectivity index (χ4n) is 4.58. The van der Waals surface area contributed by atoms with Crippen molar-refractivity contribution in [3.05, 3.63) is 96.1 Å². The van der Waals surface area contributed by atoms with Gasteiger partial charge in [0, 0.05) is 36.0 Å². The first-order valence-electron chi connectivity index (χ1n) is 11.1. The lowest BCUT2D eigenvalue weighted by Gasteiger charge is -2.43. The molecule has 0 radical (unpaired) electrons. The molecule has 3 aromatic carbocycles. The Kier molecular flexibility index (Phi) is 6.59. The smallest absolute Gasteiger partial charge is 0.251 e. The highest BCUT2D eigenvalue weighted by molar-refractivity contribution is 6.05. The number of anilines is 2. The molecule has 3 aromatic rings. The summed E-state index contributed by atoms with van der Waals surface area (Å²) in [7, 11) is 1.62. The van der Waals surface area contributed by atoms with Crippen molar-refractivity contribution in [2.45, 2.75) is 32.4 Å². The molecule has 0 saturated heterocycles. The third-order valence-electron chi connectivity index (χ3n) is 6.03. The second-order valence-electron chi connectivity index (χ2n) is 8.17. The number of carbonyl (C=O) groups is 2. The maximum absolute atomic E-state index is 13.3. The van der Waals surface area contributed by atoms with Crippen LogP contribution in [0.2, 0.25) is 0 Å². The number of nitrogens with zero attached hydrogens (tertiary/aromatic N) is 2. The molecule has 2 amide bonds. The number of rotatable bonds is 5.